The van der Waals surface area contributed by atoms with Gasteiger partial charge in [-0.2, -0.15) is 0 Å². The number of halogens is 3. The molecule has 2 aromatic rings. The van der Waals surface area contributed by atoms with Gasteiger partial charge in [0.15, 0.2) is 0 Å². The molecular weight excluding hydrogens is 358 g/mol. The molecule has 2 nitrogen and oxygen atoms in total. The average Bonchev–Trinajstić information content (AvgIpc) is 2.74. The van der Waals surface area contributed by atoms with E-state index >= 15 is 0 Å². The number of nitrogens with one attached hydrogen (secondary N) is 1. The predicted octanol–water partition coefficient (Wildman–Crippen LogP) is 4.19. The summed E-state index contributed by atoms with van der Waals surface area (Å²) in [6.45, 7) is 0. The third kappa shape index (κ3) is 2.90. The Balaban J connectivity index is 2.20. The molecule has 0 amide bonds. The van der Waals surface area contributed by atoms with Crippen LogP contribution in [0.4, 0.5) is 0 Å². The molecule has 0 fully saturated rings. The van der Waals surface area contributed by atoms with E-state index in [9.17, 15) is 0 Å². The quantitative estimate of drug-likeness (QED) is 0.640. The van der Waals surface area contributed by atoms with Crippen molar-refractivity contribution in [2.24, 2.45) is 0 Å². The molecule has 0 aliphatic rings. The van der Waals surface area contributed by atoms with Crippen LogP contribution >= 0.6 is 45.8 Å². The Kier molecular flexibility index (Phi) is 4.10. The molecule has 0 saturated carbocycles. The molecule has 0 radical (unpaired) electrons. The normalized spacial score (nSPS) is 12.7. The summed E-state index contributed by atoms with van der Waals surface area (Å²) in [6.07, 6.45) is 4.19. The van der Waals surface area contributed by atoms with Gasteiger partial charge in [-0.1, -0.05) is 11.6 Å². The topological polar surface area (TPSA) is 28.7 Å². The van der Waals surface area contributed by atoms with Crippen molar-refractivity contribution >= 4 is 45.8 Å². The van der Waals surface area contributed by atoms with Gasteiger partial charge in [-0.3, -0.25) is 0 Å². The average molecular weight is 367 g/mol. The molecule has 2 rings (SSSR count). The van der Waals surface area contributed by atoms with Crippen molar-refractivity contribution in [2.45, 2.75) is 11.8 Å². The highest BCUT2D eigenvalue weighted by Crippen LogP contribution is 2.30. The summed E-state index contributed by atoms with van der Waals surface area (Å²) in [4.78, 5) is 7.20. The zero-order valence-corrected chi connectivity index (χ0v) is 11.9. The van der Waals surface area contributed by atoms with E-state index in [1.165, 1.54) is 0 Å². The number of alkyl halides is 1. The molecule has 1 N–H and O–H groups in total. The lowest BCUT2D eigenvalue weighted by molar-refractivity contribution is 0.851. The number of aromatic nitrogens is 2. The number of benzene rings is 1. The Morgan fingerprint density at radius 3 is 2.94 bits per heavy atom. The fourth-order valence-corrected chi connectivity index (χ4v) is 2.85. The summed E-state index contributed by atoms with van der Waals surface area (Å²) in [5.41, 5.74) is 1.05. The molecule has 0 aliphatic heterocycles. The van der Waals surface area contributed by atoms with Crippen molar-refractivity contribution in [3.05, 3.63) is 50.6 Å². The zero-order chi connectivity index (χ0) is 11.5. The van der Waals surface area contributed by atoms with Crippen molar-refractivity contribution in [1.82, 2.24) is 9.97 Å². The number of nitrogens with zero attached hydrogens (tertiary/aromatic N) is 1. The van der Waals surface area contributed by atoms with Gasteiger partial charge < -0.3 is 4.98 Å². The van der Waals surface area contributed by atoms with Crippen LogP contribution in [0.1, 0.15) is 16.8 Å². The van der Waals surface area contributed by atoms with Crippen LogP contribution < -0.4 is 0 Å². The third-order valence-corrected chi connectivity index (χ3v) is 3.83. The number of aromatic amines is 1. The zero-order valence-electron chi connectivity index (χ0n) is 8.25. The van der Waals surface area contributed by atoms with E-state index in [-0.39, 0.29) is 5.38 Å². The number of hydrogen-bond donors (Lipinski definition) is 1. The van der Waals surface area contributed by atoms with Gasteiger partial charge in [0, 0.05) is 27.4 Å². The number of hydrogen-bond acceptors (Lipinski definition) is 1. The molecule has 1 unspecified atom stereocenters. The maximum Gasteiger partial charge on any atom is 0.107 e. The third-order valence-electron chi connectivity index (χ3n) is 2.22. The van der Waals surface area contributed by atoms with Crippen LogP contribution in [0.25, 0.3) is 0 Å². The Morgan fingerprint density at radius 1 is 1.44 bits per heavy atom. The minimum absolute atomic E-state index is 0.114. The highest BCUT2D eigenvalue weighted by molar-refractivity contribution is 14.1. The molecule has 1 aromatic heterocycles. The van der Waals surface area contributed by atoms with E-state index in [1.807, 2.05) is 18.2 Å². The van der Waals surface area contributed by atoms with Gasteiger partial charge in [-0.25, -0.2) is 4.98 Å². The maximum atomic E-state index is 6.35. The number of imidazole rings is 1. The Labute approximate surface area is 118 Å². The van der Waals surface area contributed by atoms with Crippen LogP contribution in [-0.4, -0.2) is 9.97 Å². The first kappa shape index (κ1) is 12.2. The maximum absolute atomic E-state index is 6.35. The van der Waals surface area contributed by atoms with E-state index < -0.39 is 0 Å². The smallest absolute Gasteiger partial charge is 0.107 e. The summed E-state index contributed by atoms with van der Waals surface area (Å²) in [5.74, 6) is 0.885. The molecule has 5 heteroatoms. The van der Waals surface area contributed by atoms with Crippen LogP contribution in [0.3, 0.4) is 0 Å². The van der Waals surface area contributed by atoms with Gasteiger partial charge in [-0.15, -0.1) is 11.6 Å². The molecule has 1 aromatic carbocycles. The van der Waals surface area contributed by atoms with Crippen LogP contribution in [-0.2, 0) is 6.42 Å². The highest BCUT2D eigenvalue weighted by Gasteiger charge is 2.13. The number of rotatable bonds is 3. The summed E-state index contributed by atoms with van der Waals surface area (Å²) >= 11 is 14.6. The van der Waals surface area contributed by atoms with Gasteiger partial charge in [-0.05, 0) is 46.4 Å². The largest absolute Gasteiger partial charge is 0.349 e. The minimum atomic E-state index is -0.114. The Morgan fingerprint density at radius 2 is 2.25 bits per heavy atom. The van der Waals surface area contributed by atoms with E-state index in [0.717, 1.165) is 15.0 Å². The fraction of sp³-hybridized carbons (Fsp3) is 0.182. The summed E-state index contributed by atoms with van der Waals surface area (Å²) < 4.78 is 1.12. The lowest BCUT2D eigenvalue weighted by Crippen LogP contribution is -2.00. The first-order valence-corrected chi connectivity index (χ1v) is 6.63. The summed E-state index contributed by atoms with van der Waals surface area (Å²) in [5, 5.41) is 0.595. The monoisotopic (exact) mass is 366 g/mol. The highest BCUT2D eigenvalue weighted by atomic mass is 127. The van der Waals surface area contributed by atoms with Gasteiger partial charge in [0.1, 0.15) is 5.82 Å². The van der Waals surface area contributed by atoms with Gasteiger partial charge >= 0.3 is 0 Å². The van der Waals surface area contributed by atoms with E-state index in [2.05, 4.69) is 32.6 Å². The molecule has 16 heavy (non-hydrogen) atoms. The van der Waals surface area contributed by atoms with Crippen LogP contribution in [0, 0.1) is 3.57 Å². The minimum Gasteiger partial charge on any atom is -0.349 e. The van der Waals surface area contributed by atoms with E-state index in [4.69, 9.17) is 23.2 Å². The second-order valence-electron chi connectivity index (χ2n) is 3.37. The van der Waals surface area contributed by atoms with Crippen molar-refractivity contribution in [3.8, 4) is 0 Å². The predicted molar refractivity (Wildman–Crippen MR) is 75.1 cm³/mol. The van der Waals surface area contributed by atoms with E-state index in [0.29, 0.717) is 11.4 Å². The second kappa shape index (κ2) is 5.38. The summed E-state index contributed by atoms with van der Waals surface area (Å²) in [7, 11) is 0. The van der Waals surface area contributed by atoms with Crippen LogP contribution in [0.15, 0.2) is 30.6 Å². The molecule has 1 heterocycles. The standard InChI is InChI=1S/C11H9Cl2IN2/c12-7-1-2-10(14)8(5-7)9(13)6-11-15-3-4-16-11/h1-5,9H,6H2,(H,15,16). The first-order valence-electron chi connectivity index (χ1n) is 4.74. The van der Waals surface area contributed by atoms with Gasteiger partial charge in [0.2, 0.25) is 0 Å². The van der Waals surface area contributed by atoms with Gasteiger partial charge in [0.05, 0.1) is 5.38 Å². The first-order chi connectivity index (χ1) is 7.66. The fourth-order valence-electron chi connectivity index (χ4n) is 1.44. The summed E-state index contributed by atoms with van der Waals surface area (Å²) in [6, 6.07) is 5.74. The van der Waals surface area contributed by atoms with Crippen LogP contribution in [0.5, 0.6) is 0 Å². The van der Waals surface area contributed by atoms with Crippen molar-refractivity contribution in [2.75, 3.05) is 0 Å². The molecule has 0 bridgehead atoms. The van der Waals surface area contributed by atoms with Crippen LogP contribution in [0.2, 0.25) is 5.02 Å². The molecule has 0 saturated heterocycles. The molecule has 1 atom stereocenters. The van der Waals surface area contributed by atoms with Crippen molar-refractivity contribution < 1.29 is 0 Å². The lowest BCUT2D eigenvalue weighted by Gasteiger charge is -2.10. The molecule has 84 valence electrons. The SMILES string of the molecule is Clc1ccc(I)c(C(Cl)Cc2ncc[nH]2)c1. The van der Waals surface area contributed by atoms with E-state index in [1.54, 1.807) is 12.4 Å². The lowest BCUT2D eigenvalue weighted by atomic mass is 10.1. The Bertz CT molecular complexity index is 471. The van der Waals surface area contributed by atoms with Gasteiger partial charge in [0.25, 0.3) is 0 Å². The molecule has 0 spiro atoms. The molecule has 0 aliphatic carbocycles. The van der Waals surface area contributed by atoms with Crippen molar-refractivity contribution in [1.29, 1.82) is 0 Å². The molecular formula is C11H9Cl2IN2. The van der Waals surface area contributed by atoms with Crippen molar-refractivity contribution in [3.63, 3.8) is 0 Å². The second-order valence-corrected chi connectivity index (χ2v) is 5.50. The number of H-pyrrole nitrogens is 1. The Hall–Kier alpha value is -0.260.